The number of rotatable bonds is 2. The molecule has 5 rings (SSSR count). The number of hydrogen-bond acceptors (Lipinski definition) is 3. The Labute approximate surface area is 126 Å². The normalized spacial score (nSPS) is 38.0. The molecule has 4 bridgehead atoms. The van der Waals surface area contributed by atoms with Gasteiger partial charge in [0.1, 0.15) is 4.60 Å². The molecule has 0 unspecified atom stereocenters. The number of hydrogen-bond donors (Lipinski definition) is 1. The highest BCUT2D eigenvalue weighted by atomic mass is 79.9. The van der Waals surface area contributed by atoms with E-state index in [1.165, 1.54) is 32.1 Å². The van der Waals surface area contributed by atoms with Gasteiger partial charge >= 0.3 is 0 Å². The minimum atomic E-state index is 0.162. The summed E-state index contributed by atoms with van der Waals surface area (Å²) in [6.45, 7) is 0. The van der Waals surface area contributed by atoms with Crippen LogP contribution in [0.25, 0.3) is 0 Å². The molecule has 20 heavy (non-hydrogen) atoms. The predicted molar refractivity (Wildman–Crippen MR) is 78.9 cm³/mol. The third kappa shape index (κ3) is 2.16. The summed E-state index contributed by atoms with van der Waals surface area (Å²) in [5.74, 6) is 3.93. The predicted octanol–water partition coefficient (Wildman–Crippen LogP) is 3.25. The molecule has 4 fully saturated rings. The fraction of sp³-hybridized carbons (Fsp3) is 0.667. The topological polar surface area (TPSA) is 54.9 Å². The molecule has 4 nitrogen and oxygen atoms in total. The van der Waals surface area contributed by atoms with E-state index in [0.29, 0.717) is 22.3 Å². The summed E-state index contributed by atoms with van der Waals surface area (Å²) in [5.41, 5.74) is 0. The first-order chi connectivity index (χ1) is 9.69. The highest BCUT2D eigenvalue weighted by molar-refractivity contribution is 9.10. The van der Waals surface area contributed by atoms with Crippen molar-refractivity contribution < 1.29 is 4.79 Å². The first-order valence-electron chi connectivity index (χ1n) is 7.47. The average Bonchev–Trinajstić information content (AvgIpc) is 2.40. The van der Waals surface area contributed by atoms with Crippen LogP contribution in [-0.2, 0) is 4.79 Å². The molecule has 0 spiro atoms. The van der Waals surface area contributed by atoms with Crippen LogP contribution >= 0.6 is 15.9 Å². The van der Waals surface area contributed by atoms with Crippen LogP contribution in [0.5, 0.6) is 0 Å². The molecular formula is C15H18BrN3O. The monoisotopic (exact) mass is 335 g/mol. The minimum absolute atomic E-state index is 0.162. The summed E-state index contributed by atoms with van der Waals surface area (Å²) in [6, 6.07) is 0. The Kier molecular flexibility index (Phi) is 3.05. The molecule has 1 amide bonds. The van der Waals surface area contributed by atoms with Crippen molar-refractivity contribution in [3.63, 3.8) is 0 Å². The van der Waals surface area contributed by atoms with Crippen molar-refractivity contribution in [3.8, 4) is 0 Å². The Morgan fingerprint density at radius 2 is 1.70 bits per heavy atom. The number of amides is 1. The SMILES string of the molecule is O=C(Nc1cnc(Br)cn1)C1C2CC3CC(C2)CC1C3. The summed E-state index contributed by atoms with van der Waals surface area (Å²) in [6.07, 6.45) is 9.69. The van der Waals surface area contributed by atoms with Gasteiger partial charge in [0.2, 0.25) is 5.91 Å². The van der Waals surface area contributed by atoms with Crippen molar-refractivity contribution in [3.05, 3.63) is 17.0 Å². The average molecular weight is 336 g/mol. The van der Waals surface area contributed by atoms with Crippen LogP contribution in [0.4, 0.5) is 5.82 Å². The molecule has 4 aliphatic carbocycles. The van der Waals surface area contributed by atoms with E-state index in [0.717, 1.165) is 11.8 Å². The molecule has 5 heteroatoms. The molecule has 0 aromatic carbocycles. The van der Waals surface area contributed by atoms with Gasteiger partial charge in [-0.15, -0.1) is 0 Å². The Morgan fingerprint density at radius 3 is 2.25 bits per heavy atom. The van der Waals surface area contributed by atoms with Gasteiger partial charge in [0, 0.05) is 5.92 Å². The highest BCUT2D eigenvalue weighted by Gasteiger charge is 2.50. The minimum Gasteiger partial charge on any atom is -0.309 e. The third-order valence-electron chi connectivity index (χ3n) is 5.40. The number of carbonyl (C=O) groups excluding carboxylic acids is 1. The van der Waals surface area contributed by atoms with Crippen LogP contribution in [0, 0.1) is 29.6 Å². The summed E-state index contributed by atoms with van der Waals surface area (Å²) in [4.78, 5) is 20.9. The molecule has 1 aromatic heterocycles. The van der Waals surface area contributed by atoms with Crippen LogP contribution in [0.3, 0.4) is 0 Å². The first kappa shape index (κ1) is 12.7. The van der Waals surface area contributed by atoms with Crippen molar-refractivity contribution in [1.82, 2.24) is 9.97 Å². The molecule has 1 N–H and O–H groups in total. The Hall–Kier alpha value is -0.970. The van der Waals surface area contributed by atoms with E-state index in [1.54, 1.807) is 12.4 Å². The van der Waals surface area contributed by atoms with Crippen molar-refractivity contribution in [2.45, 2.75) is 32.1 Å². The summed E-state index contributed by atoms with van der Waals surface area (Å²) < 4.78 is 0.685. The number of halogens is 1. The smallest absolute Gasteiger partial charge is 0.229 e. The highest BCUT2D eigenvalue weighted by Crippen LogP contribution is 2.56. The second-order valence-electron chi connectivity index (χ2n) is 6.67. The molecule has 0 atom stereocenters. The second-order valence-corrected chi connectivity index (χ2v) is 7.48. The quantitative estimate of drug-likeness (QED) is 0.902. The van der Waals surface area contributed by atoms with Crippen LogP contribution in [-0.4, -0.2) is 15.9 Å². The van der Waals surface area contributed by atoms with Crippen LogP contribution in [0.2, 0.25) is 0 Å². The Morgan fingerprint density at radius 1 is 1.05 bits per heavy atom. The number of aromatic nitrogens is 2. The van der Waals surface area contributed by atoms with Crippen molar-refractivity contribution in [1.29, 1.82) is 0 Å². The van der Waals surface area contributed by atoms with Crippen LogP contribution < -0.4 is 5.32 Å². The zero-order valence-corrected chi connectivity index (χ0v) is 12.8. The Balaban J connectivity index is 1.50. The van der Waals surface area contributed by atoms with Gasteiger partial charge in [0.05, 0.1) is 12.4 Å². The molecule has 1 aromatic rings. The number of carbonyl (C=O) groups is 1. The summed E-state index contributed by atoms with van der Waals surface area (Å²) in [5, 5.41) is 2.96. The van der Waals surface area contributed by atoms with Gasteiger partial charge in [-0.05, 0) is 71.7 Å². The summed E-state index contributed by atoms with van der Waals surface area (Å²) in [7, 11) is 0. The molecular weight excluding hydrogens is 318 g/mol. The second kappa shape index (κ2) is 4.79. The molecule has 1 heterocycles. The maximum Gasteiger partial charge on any atom is 0.229 e. The van der Waals surface area contributed by atoms with E-state index in [9.17, 15) is 4.79 Å². The molecule has 0 saturated heterocycles. The largest absolute Gasteiger partial charge is 0.309 e. The number of anilines is 1. The van der Waals surface area contributed by atoms with Crippen LogP contribution in [0.1, 0.15) is 32.1 Å². The van der Waals surface area contributed by atoms with Crippen molar-refractivity contribution in [2.24, 2.45) is 29.6 Å². The van der Waals surface area contributed by atoms with Crippen LogP contribution in [0.15, 0.2) is 17.0 Å². The van der Waals surface area contributed by atoms with E-state index in [-0.39, 0.29) is 11.8 Å². The lowest BCUT2D eigenvalue weighted by atomic mass is 9.51. The third-order valence-corrected chi connectivity index (χ3v) is 5.81. The zero-order chi connectivity index (χ0) is 13.7. The molecule has 4 aliphatic rings. The number of nitrogens with one attached hydrogen (secondary N) is 1. The molecule has 0 radical (unpaired) electrons. The first-order valence-corrected chi connectivity index (χ1v) is 8.26. The Bertz CT molecular complexity index is 502. The molecule has 4 saturated carbocycles. The van der Waals surface area contributed by atoms with E-state index in [1.807, 2.05) is 0 Å². The van der Waals surface area contributed by atoms with E-state index in [4.69, 9.17) is 0 Å². The lowest BCUT2D eigenvalue weighted by molar-refractivity contribution is -0.132. The van der Waals surface area contributed by atoms with Gasteiger partial charge < -0.3 is 5.32 Å². The maximum atomic E-state index is 12.6. The number of nitrogens with zero attached hydrogens (tertiary/aromatic N) is 2. The zero-order valence-electron chi connectivity index (χ0n) is 11.3. The lowest BCUT2D eigenvalue weighted by Gasteiger charge is -2.53. The van der Waals surface area contributed by atoms with Gasteiger partial charge in [-0.25, -0.2) is 9.97 Å². The fourth-order valence-corrected chi connectivity index (χ4v) is 5.14. The maximum absolute atomic E-state index is 12.6. The van der Waals surface area contributed by atoms with Gasteiger partial charge in [-0.3, -0.25) is 4.79 Å². The van der Waals surface area contributed by atoms with E-state index in [2.05, 4.69) is 31.2 Å². The van der Waals surface area contributed by atoms with E-state index >= 15 is 0 Å². The van der Waals surface area contributed by atoms with Crippen molar-refractivity contribution >= 4 is 27.7 Å². The standard InChI is InChI=1S/C15H18BrN3O/c16-12-6-18-13(7-17-12)19-15(20)14-10-2-8-1-9(4-10)5-11(14)3-8/h6-11,14H,1-5H2,(H,18,19,20). The molecule has 0 aliphatic heterocycles. The van der Waals surface area contributed by atoms with Gasteiger partial charge in [0.15, 0.2) is 5.82 Å². The fourth-order valence-electron chi connectivity index (χ4n) is 4.94. The summed E-state index contributed by atoms with van der Waals surface area (Å²) >= 11 is 3.25. The van der Waals surface area contributed by atoms with Crippen molar-refractivity contribution in [2.75, 3.05) is 5.32 Å². The van der Waals surface area contributed by atoms with Gasteiger partial charge in [0.25, 0.3) is 0 Å². The van der Waals surface area contributed by atoms with Gasteiger partial charge in [-0.2, -0.15) is 0 Å². The molecule has 106 valence electrons. The van der Waals surface area contributed by atoms with E-state index < -0.39 is 0 Å². The lowest BCUT2D eigenvalue weighted by Crippen LogP contribution is -2.49. The van der Waals surface area contributed by atoms with Gasteiger partial charge in [-0.1, -0.05) is 0 Å².